The fourth-order valence-corrected chi connectivity index (χ4v) is 2.54. The maximum Gasteiger partial charge on any atom is 0.123 e. The summed E-state index contributed by atoms with van der Waals surface area (Å²) >= 11 is 0. The minimum atomic E-state index is 0.0500. The fourth-order valence-electron chi connectivity index (χ4n) is 2.54. The summed E-state index contributed by atoms with van der Waals surface area (Å²) in [5.41, 5.74) is 2.69. The molecule has 0 unspecified atom stereocenters. The summed E-state index contributed by atoms with van der Waals surface area (Å²) in [5.74, 6) is 1.09. The summed E-state index contributed by atoms with van der Waals surface area (Å²) in [5, 5.41) is 0. The van der Waals surface area contributed by atoms with E-state index in [1.54, 1.807) is 0 Å². The van der Waals surface area contributed by atoms with Gasteiger partial charge in [0.2, 0.25) is 0 Å². The Bertz CT molecular complexity index is 378. The molecule has 0 radical (unpaired) electrons. The van der Waals surface area contributed by atoms with Crippen LogP contribution in [0.15, 0.2) is 18.2 Å². The van der Waals surface area contributed by atoms with Crippen molar-refractivity contribution in [3.05, 3.63) is 29.3 Å². The van der Waals surface area contributed by atoms with E-state index in [-0.39, 0.29) is 5.60 Å². The summed E-state index contributed by atoms with van der Waals surface area (Å²) in [6.07, 6.45) is 3.12. The Kier molecular flexibility index (Phi) is 1.99. The minimum Gasteiger partial charge on any atom is -0.486 e. The predicted octanol–water partition coefficient (Wildman–Crippen LogP) is 2.48. The zero-order valence-electron chi connectivity index (χ0n) is 9.08. The Balaban J connectivity index is 1.90. The van der Waals surface area contributed by atoms with Crippen LogP contribution in [0.4, 0.5) is 0 Å². The van der Waals surface area contributed by atoms with Crippen LogP contribution >= 0.6 is 0 Å². The lowest BCUT2D eigenvalue weighted by molar-refractivity contribution is -0.0330. The molecule has 0 saturated carbocycles. The van der Waals surface area contributed by atoms with Crippen LogP contribution in [0, 0.1) is 6.92 Å². The molecule has 15 heavy (non-hydrogen) atoms. The molecule has 3 rings (SSSR count). The molecule has 2 heteroatoms. The molecule has 1 fully saturated rings. The lowest BCUT2D eigenvalue weighted by Gasteiger charge is -2.32. The van der Waals surface area contributed by atoms with E-state index in [1.165, 1.54) is 11.1 Å². The predicted molar refractivity (Wildman–Crippen MR) is 58.3 cm³/mol. The van der Waals surface area contributed by atoms with Gasteiger partial charge in [0.05, 0.1) is 13.2 Å². The first kappa shape index (κ1) is 9.22. The van der Waals surface area contributed by atoms with Gasteiger partial charge in [0, 0.05) is 19.3 Å². The van der Waals surface area contributed by atoms with Crippen molar-refractivity contribution in [2.75, 3.05) is 13.2 Å². The van der Waals surface area contributed by atoms with Gasteiger partial charge in [-0.05, 0) is 24.1 Å². The van der Waals surface area contributed by atoms with Crippen molar-refractivity contribution in [2.24, 2.45) is 0 Å². The number of aryl methyl sites for hydroxylation is 1. The van der Waals surface area contributed by atoms with E-state index in [0.29, 0.717) is 0 Å². The molecular formula is C13H16O2. The van der Waals surface area contributed by atoms with Gasteiger partial charge in [-0.1, -0.05) is 12.1 Å². The van der Waals surface area contributed by atoms with Gasteiger partial charge in [-0.3, -0.25) is 0 Å². The zero-order valence-corrected chi connectivity index (χ0v) is 9.08. The van der Waals surface area contributed by atoms with Crippen molar-refractivity contribution >= 4 is 0 Å². The SMILES string of the molecule is Cc1ccc2c(c1)OC1(CCOCC1)C2. The molecule has 1 aromatic rings. The highest BCUT2D eigenvalue weighted by molar-refractivity contribution is 5.42. The topological polar surface area (TPSA) is 18.5 Å². The van der Waals surface area contributed by atoms with Crippen molar-refractivity contribution in [1.29, 1.82) is 0 Å². The number of hydrogen-bond acceptors (Lipinski definition) is 2. The van der Waals surface area contributed by atoms with Crippen molar-refractivity contribution in [2.45, 2.75) is 31.8 Å². The third-order valence-electron chi connectivity index (χ3n) is 3.47. The highest BCUT2D eigenvalue weighted by Crippen LogP contribution is 2.40. The molecule has 0 aliphatic carbocycles. The average molecular weight is 204 g/mol. The van der Waals surface area contributed by atoms with E-state index >= 15 is 0 Å². The number of hydrogen-bond donors (Lipinski definition) is 0. The van der Waals surface area contributed by atoms with Crippen molar-refractivity contribution in [1.82, 2.24) is 0 Å². The highest BCUT2D eigenvalue weighted by Gasteiger charge is 2.40. The highest BCUT2D eigenvalue weighted by atomic mass is 16.5. The van der Waals surface area contributed by atoms with Crippen LogP contribution < -0.4 is 4.74 Å². The third-order valence-corrected chi connectivity index (χ3v) is 3.47. The van der Waals surface area contributed by atoms with Gasteiger partial charge in [-0.2, -0.15) is 0 Å². The molecule has 1 spiro atoms. The quantitative estimate of drug-likeness (QED) is 0.646. The molecule has 80 valence electrons. The van der Waals surface area contributed by atoms with Crippen LogP contribution in [-0.2, 0) is 11.2 Å². The number of fused-ring (bicyclic) bond motifs is 1. The average Bonchev–Trinajstić information content (AvgIpc) is 2.56. The summed E-state index contributed by atoms with van der Waals surface area (Å²) in [6.45, 7) is 3.79. The van der Waals surface area contributed by atoms with Gasteiger partial charge < -0.3 is 9.47 Å². The van der Waals surface area contributed by atoms with E-state index in [1.807, 2.05) is 0 Å². The molecule has 2 heterocycles. The Morgan fingerprint density at radius 1 is 1.20 bits per heavy atom. The fraction of sp³-hybridized carbons (Fsp3) is 0.538. The lowest BCUT2D eigenvalue weighted by Crippen LogP contribution is -2.40. The van der Waals surface area contributed by atoms with E-state index in [0.717, 1.165) is 38.2 Å². The Hall–Kier alpha value is -1.02. The molecule has 2 aliphatic heterocycles. The maximum atomic E-state index is 6.14. The molecule has 0 atom stereocenters. The van der Waals surface area contributed by atoms with Crippen molar-refractivity contribution in [3.63, 3.8) is 0 Å². The molecule has 1 aromatic carbocycles. The smallest absolute Gasteiger partial charge is 0.123 e. The second-order valence-electron chi connectivity index (χ2n) is 4.69. The molecule has 0 aromatic heterocycles. The van der Waals surface area contributed by atoms with Gasteiger partial charge in [-0.15, -0.1) is 0 Å². The lowest BCUT2D eigenvalue weighted by atomic mass is 9.89. The maximum absolute atomic E-state index is 6.14. The van der Waals surface area contributed by atoms with Crippen LogP contribution in [-0.4, -0.2) is 18.8 Å². The largest absolute Gasteiger partial charge is 0.486 e. The number of benzene rings is 1. The standard InChI is InChI=1S/C13H16O2/c1-10-2-3-11-9-13(15-12(11)8-10)4-6-14-7-5-13/h2-3,8H,4-7,9H2,1H3. The first-order valence-electron chi connectivity index (χ1n) is 5.64. The van der Waals surface area contributed by atoms with Crippen LogP contribution in [0.25, 0.3) is 0 Å². The normalized spacial score (nSPS) is 22.5. The molecule has 0 N–H and O–H groups in total. The van der Waals surface area contributed by atoms with Crippen LogP contribution in [0.5, 0.6) is 5.75 Å². The summed E-state index contributed by atoms with van der Waals surface area (Å²) < 4.78 is 11.5. The summed E-state index contributed by atoms with van der Waals surface area (Å²) in [7, 11) is 0. The van der Waals surface area contributed by atoms with Crippen LogP contribution in [0.2, 0.25) is 0 Å². The van der Waals surface area contributed by atoms with E-state index in [9.17, 15) is 0 Å². The first-order chi connectivity index (χ1) is 7.27. The van der Waals surface area contributed by atoms with Gasteiger partial charge in [0.25, 0.3) is 0 Å². The summed E-state index contributed by atoms with van der Waals surface area (Å²) in [4.78, 5) is 0. The van der Waals surface area contributed by atoms with Gasteiger partial charge in [0.15, 0.2) is 0 Å². The van der Waals surface area contributed by atoms with E-state index in [2.05, 4.69) is 25.1 Å². The molecule has 2 nitrogen and oxygen atoms in total. The summed E-state index contributed by atoms with van der Waals surface area (Å²) in [6, 6.07) is 6.52. The molecule has 0 bridgehead atoms. The molecule has 2 aliphatic rings. The van der Waals surface area contributed by atoms with Crippen molar-refractivity contribution in [3.8, 4) is 5.75 Å². The van der Waals surface area contributed by atoms with Gasteiger partial charge in [-0.25, -0.2) is 0 Å². The van der Waals surface area contributed by atoms with E-state index in [4.69, 9.17) is 9.47 Å². The Labute approximate surface area is 90.2 Å². The molecule has 0 amide bonds. The molecular weight excluding hydrogens is 188 g/mol. The number of rotatable bonds is 0. The van der Waals surface area contributed by atoms with Crippen LogP contribution in [0.1, 0.15) is 24.0 Å². The second-order valence-corrected chi connectivity index (χ2v) is 4.69. The van der Waals surface area contributed by atoms with E-state index < -0.39 is 0 Å². The third kappa shape index (κ3) is 1.53. The van der Waals surface area contributed by atoms with Gasteiger partial charge >= 0.3 is 0 Å². The molecule has 1 saturated heterocycles. The minimum absolute atomic E-state index is 0.0500. The monoisotopic (exact) mass is 204 g/mol. The number of ether oxygens (including phenoxy) is 2. The zero-order chi connectivity index (χ0) is 10.3. The Morgan fingerprint density at radius 3 is 2.80 bits per heavy atom. The van der Waals surface area contributed by atoms with Crippen LogP contribution in [0.3, 0.4) is 0 Å². The second kappa shape index (κ2) is 3.24. The van der Waals surface area contributed by atoms with Gasteiger partial charge in [0.1, 0.15) is 11.4 Å². The first-order valence-corrected chi connectivity index (χ1v) is 5.64. The van der Waals surface area contributed by atoms with Crippen molar-refractivity contribution < 1.29 is 9.47 Å². The Morgan fingerprint density at radius 2 is 2.00 bits per heavy atom.